The van der Waals surface area contributed by atoms with Crippen LogP contribution in [0.2, 0.25) is 0 Å². The van der Waals surface area contributed by atoms with Crippen LogP contribution in [-0.4, -0.2) is 141 Å². The van der Waals surface area contributed by atoms with E-state index in [2.05, 4.69) is 21.3 Å². The number of amides is 4. The van der Waals surface area contributed by atoms with Crippen molar-refractivity contribution in [3.8, 4) is 0 Å². The van der Waals surface area contributed by atoms with E-state index in [1.165, 1.54) is 38.5 Å². The van der Waals surface area contributed by atoms with Crippen LogP contribution in [0.3, 0.4) is 0 Å². The maximum absolute atomic E-state index is 12.3. The van der Waals surface area contributed by atoms with Crippen molar-refractivity contribution in [2.45, 2.75) is 147 Å². The molecule has 0 rings (SSSR count). The van der Waals surface area contributed by atoms with Crippen molar-refractivity contribution in [3.05, 3.63) is 0 Å². The SMILES string of the molecule is NNC(O)(C=O)CCCCNC(=O)COCCOCCNC(=O)COCCOCCNC(=O)CCC(NC(=O)CCCCCCCCCCCCCCCCC(=O)O)C(=O)O. The Labute approximate surface area is 360 Å². The van der Waals surface area contributed by atoms with E-state index in [4.69, 9.17) is 29.9 Å². The maximum Gasteiger partial charge on any atom is 0.326 e. The van der Waals surface area contributed by atoms with Gasteiger partial charge in [0.2, 0.25) is 23.6 Å². The summed E-state index contributed by atoms with van der Waals surface area (Å²) in [5.41, 5.74) is 0.267. The largest absolute Gasteiger partial charge is 0.481 e. The molecule has 0 aromatic rings. The second-order valence-electron chi connectivity index (χ2n) is 14.9. The molecular weight excluding hydrogens is 800 g/mol. The Morgan fingerprint density at radius 2 is 0.967 bits per heavy atom. The Kier molecular flexibility index (Phi) is 37.8. The van der Waals surface area contributed by atoms with Crippen molar-refractivity contribution < 1.29 is 67.8 Å². The van der Waals surface area contributed by atoms with Gasteiger partial charge in [-0.25, -0.2) is 10.2 Å². The predicted molar refractivity (Wildman–Crippen MR) is 225 cm³/mol. The second-order valence-corrected chi connectivity index (χ2v) is 14.9. The average molecular weight is 877 g/mol. The molecule has 0 radical (unpaired) electrons. The molecule has 4 amide bonds. The minimum Gasteiger partial charge on any atom is -0.481 e. The molecule has 354 valence electrons. The number of ether oxygens (including phenoxy) is 4. The lowest BCUT2D eigenvalue weighted by atomic mass is 10.0. The first kappa shape index (κ1) is 57.2. The van der Waals surface area contributed by atoms with Crippen molar-refractivity contribution in [3.63, 3.8) is 0 Å². The van der Waals surface area contributed by atoms with E-state index < -0.39 is 23.7 Å². The van der Waals surface area contributed by atoms with Gasteiger partial charge in [0.05, 0.1) is 39.6 Å². The highest BCUT2D eigenvalue weighted by Crippen LogP contribution is 2.14. The first-order valence-electron chi connectivity index (χ1n) is 21.9. The van der Waals surface area contributed by atoms with Crippen LogP contribution in [0.4, 0.5) is 0 Å². The van der Waals surface area contributed by atoms with E-state index in [-0.39, 0.29) is 122 Å². The molecule has 61 heavy (non-hydrogen) atoms. The molecule has 20 nitrogen and oxygen atoms in total. The number of hydrogen-bond donors (Lipinski definition) is 9. The van der Waals surface area contributed by atoms with Gasteiger partial charge in [0, 0.05) is 38.9 Å². The summed E-state index contributed by atoms with van der Waals surface area (Å²) in [7, 11) is 0. The third-order valence-corrected chi connectivity index (χ3v) is 9.44. The molecule has 0 heterocycles. The Bertz CT molecular complexity index is 1200. The summed E-state index contributed by atoms with van der Waals surface area (Å²) in [5.74, 6) is 1.86. The van der Waals surface area contributed by atoms with E-state index in [1.807, 2.05) is 5.43 Å². The van der Waals surface area contributed by atoms with Gasteiger partial charge in [0.15, 0.2) is 12.0 Å². The molecule has 0 saturated carbocycles. The number of nitrogens with two attached hydrogens (primary N) is 1. The van der Waals surface area contributed by atoms with Crippen LogP contribution in [0.5, 0.6) is 0 Å². The van der Waals surface area contributed by atoms with Gasteiger partial charge in [0.1, 0.15) is 19.3 Å². The molecule has 0 fully saturated rings. The van der Waals surface area contributed by atoms with Gasteiger partial charge < -0.3 is 55.5 Å². The minimum absolute atomic E-state index is 0.0336. The molecule has 2 unspecified atom stereocenters. The van der Waals surface area contributed by atoms with E-state index in [0.29, 0.717) is 32.1 Å². The van der Waals surface area contributed by atoms with Gasteiger partial charge in [-0.1, -0.05) is 77.0 Å². The fraction of sp³-hybridized carbons (Fsp3) is 0.829. The number of unbranched alkanes of at least 4 members (excludes halogenated alkanes) is 14. The standard InChI is InChI=1S/C41H76N6O14/c42-47-41(57,33-48)21-15-16-22-43-37(51)31-60-29-28-59-26-24-45-38(52)32-61-30-27-58-25-23-44-35(49)20-19-34(40(55)56)46-36(50)17-13-11-9-7-5-3-1-2-4-6-8-10-12-14-18-39(53)54/h33-34,47,57H,1-32,42H2,(H,43,51)(H,44,49)(H,45,52)(H,46,50)(H,53,54)(H,55,56). The molecule has 0 bridgehead atoms. The zero-order valence-corrected chi connectivity index (χ0v) is 36.2. The Morgan fingerprint density at radius 1 is 0.525 bits per heavy atom. The summed E-state index contributed by atoms with van der Waals surface area (Å²) in [4.78, 5) is 81.1. The Hall–Kier alpha value is -3.79. The van der Waals surface area contributed by atoms with Crippen LogP contribution in [0.1, 0.15) is 135 Å². The van der Waals surface area contributed by atoms with Gasteiger partial charge in [-0.15, -0.1) is 0 Å². The number of hydrazine groups is 1. The average Bonchev–Trinajstić information content (AvgIpc) is 3.23. The van der Waals surface area contributed by atoms with Crippen molar-refractivity contribution in [2.24, 2.45) is 5.84 Å². The van der Waals surface area contributed by atoms with Crippen LogP contribution in [0.25, 0.3) is 0 Å². The molecule has 0 aliphatic carbocycles. The number of carboxylic acids is 2. The zero-order valence-electron chi connectivity index (χ0n) is 36.2. The van der Waals surface area contributed by atoms with Crippen molar-refractivity contribution in [1.82, 2.24) is 26.7 Å². The van der Waals surface area contributed by atoms with Crippen LogP contribution < -0.4 is 32.5 Å². The number of nitrogens with one attached hydrogen (secondary N) is 5. The summed E-state index contributed by atoms with van der Waals surface area (Å²) in [6, 6.07) is -1.15. The summed E-state index contributed by atoms with van der Waals surface area (Å²) >= 11 is 0. The summed E-state index contributed by atoms with van der Waals surface area (Å²) < 4.78 is 21.2. The fourth-order valence-corrected chi connectivity index (χ4v) is 5.88. The molecule has 20 heteroatoms. The quantitative estimate of drug-likeness (QED) is 0.0138. The number of aliphatic hydroxyl groups is 1. The third-order valence-electron chi connectivity index (χ3n) is 9.44. The topological polar surface area (TPSA) is 303 Å². The van der Waals surface area contributed by atoms with E-state index in [0.717, 1.165) is 44.9 Å². The number of aldehydes is 1. The molecule has 0 aliphatic rings. The third kappa shape index (κ3) is 38.8. The molecule has 0 aromatic carbocycles. The number of hydrogen-bond acceptors (Lipinski definition) is 14. The number of carbonyl (C=O) groups is 7. The molecular formula is C41H76N6O14. The lowest BCUT2D eigenvalue weighted by molar-refractivity contribution is -0.142. The van der Waals surface area contributed by atoms with E-state index in [1.54, 1.807) is 0 Å². The minimum atomic E-state index is -1.77. The normalized spacial score (nSPS) is 12.6. The van der Waals surface area contributed by atoms with Gasteiger partial charge in [-0.2, -0.15) is 0 Å². The Morgan fingerprint density at radius 3 is 1.43 bits per heavy atom. The first-order chi connectivity index (χ1) is 29.4. The lowest BCUT2D eigenvalue weighted by Crippen LogP contribution is -2.50. The van der Waals surface area contributed by atoms with E-state index >= 15 is 0 Å². The van der Waals surface area contributed by atoms with Crippen molar-refractivity contribution >= 4 is 41.9 Å². The van der Waals surface area contributed by atoms with Gasteiger partial charge in [-0.3, -0.25) is 34.6 Å². The zero-order chi connectivity index (χ0) is 45.2. The molecule has 0 aromatic heterocycles. The highest BCUT2D eigenvalue weighted by Gasteiger charge is 2.23. The van der Waals surface area contributed by atoms with Crippen molar-refractivity contribution in [2.75, 3.05) is 72.5 Å². The molecule has 2 atom stereocenters. The molecule has 0 spiro atoms. The highest BCUT2D eigenvalue weighted by molar-refractivity contribution is 5.84. The van der Waals surface area contributed by atoms with Gasteiger partial charge in [-0.05, 0) is 38.5 Å². The van der Waals surface area contributed by atoms with Crippen molar-refractivity contribution in [1.29, 1.82) is 0 Å². The maximum atomic E-state index is 12.3. The highest BCUT2D eigenvalue weighted by atomic mass is 16.5. The number of carboxylic acid groups (broad SMARTS) is 2. The number of carbonyl (C=O) groups excluding carboxylic acids is 5. The molecule has 0 aliphatic heterocycles. The second kappa shape index (κ2) is 40.3. The predicted octanol–water partition coefficient (Wildman–Crippen LogP) is 1.60. The number of aliphatic carboxylic acids is 2. The fourth-order valence-electron chi connectivity index (χ4n) is 5.88. The molecule has 10 N–H and O–H groups in total. The summed E-state index contributed by atoms with van der Waals surface area (Å²) in [6.45, 7) is 1.66. The first-order valence-corrected chi connectivity index (χ1v) is 21.9. The molecule has 0 saturated heterocycles. The lowest BCUT2D eigenvalue weighted by Gasteiger charge is -2.19. The van der Waals surface area contributed by atoms with Crippen LogP contribution in [-0.2, 0) is 52.5 Å². The van der Waals surface area contributed by atoms with Crippen LogP contribution in [0, 0.1) is 0 Å². The van der Waals surface area contributed by atoms with Gasteiger partial charge in [0.25, 0.3) is 0 Å². The summed E-state index contributed by atoms with van der Waals surface area (Å²) in [6.07, 6.45) is 16.9. The van der Waals surface area contributed by atoms with E-state index in [9.17, 15) is 43.8 Å². The monoisotopic (exact) mass is 877 g/mol. The van der Waals surface area contributed by atoms with Crippen LogP contribution in [0.15, 0.2) is 0 Å². The summed E-state index contributed by atoms with van der Waals surface area (Å²) in [5, 5.41) is 38.3. The number of rotatable bonds is 45. The van der Waals surface area contributed by atoms with Gasteiger partial charge >= 0.3 is 11.9 Å². The van der Waals surface area contributed by atoms with Crippen LogP contribution >= 0.6 is 0 Å². The smallest absolute Gasteiger partial charge is 0.326 e. The Balaban J connectivity index is 3.66.